The first-order valence-corrected chi connectivity index (χ1v) is 9.42. The largest absolute Gasteiger partial charge is 0.497 e. The van der Waals surface area contributed by atoms with E-state index in [1.165, 1.54) is 17.0 Å². The molecule has 1 fully saturated rings. The third-order valence-corrected chi connectivity index (χ3v) is 5.52. The highest BCUT2D eigenvalue weighted by molar-refractivity contribution is 8.27. The maximum Gasteiger partial charge on any atom is 0.335 e. The lowest BCUT2D eigenvalue weighted by molar-refractivity contribution is -0.113. The molecule has 0 saturated carbocycles. The molecule has 28 heavy (non-hydrogen) atoms. The van der Waals surface area contributed by atoms with Gasteiger partial charge in [0.05, 0.1) is 30.4 Å². The van der Waals surface area contributed by atoms with Crippen LogP contribution in [0, 0.1) is 6.92 Å². The molecule has 1 heterocycles. The van der Waals surface area contributed by atoms with Gasteiger partial charge in [-0.3, -0.25) is 9.69 Å². The Bertz CT molecular complexity index is 1020. The summed E-state index contributed by atoms with van der Waals surface area (Å²) in [5.41, 5.74) is 1.98. The van der Waals surface area contributed by atoms with Crippen molar-refractivity contribution < 1.29 is 24.2 Å². The van der Waals surface area contributed by atoms with Crippen LogP contribution in [-0.2, 0) is 4.79 Å². The second-order valence-corrected chi connectivity index (χ2v) is 7.61. The van der Waals surface area contributed by atoms with Crippen LogP contribution in [0.5, 0.6) is 11.5 Å². The van der Waals surface area contributed by atoms with Gasteiger partial charge in [0.2, 0.25) is 0 Å². The highest BCUT2D eigenvalue weighted by atomic mass is 32.2. The minimum Gasteiger partial charge on any atom is -0.497 e. The Morgan fingerprint density at radius 3 is 2.57 bits per heavy atom. The molecule has 0 spiro atoms. The summed E-state index contributed by atoms with van der Waals surface area (Å²) < 4.78 is 10.9. The van der Waals surface area contributed by atoms with Crippen LogP contribution in [0.4, 0.5) is 5.69 Å². The smallest absolute Gasteiger partial charge is 0.335 e. The van der Waals surface area contributed by atoms with Gasteiger partial charge < -0.3 is 14.6 Å². The minimum atomic E-state index is -1.07. The van der Waals surface area contributed by atoms with E-state index in [4.69, 9.17) is 21.7 Å². The van der Waals surface area contributed by atoms with Crippen molar-refractivity contribution in [2.45, 2.75) is 6.92 Å². The summed E-state index contributed by atoms with van der Waals surface area (Å²) in [4.78, 5) is 26.1. The van der Waals surface area contributed by atoms with Gasteiger partial charge in [0, 0.05) is 5.56 Å². The number of aromatic carboxylic acids is 1. The highest BCUT2D eigenvalue weighted by Crippen LogP contribution is 2.39. The SMILES string of the molecule is COc1ccc(OC)c(/C=C2\SC(=S)N(c3cc(C(=O)O)ccc3C)C2=O)c1. The van der Waals surface area contributed by atoms with Crippen LogP contribution in [-0.4, -0.2) is 35.5 Å². The summed E-state index contributed by atoms with van der Waals surface area (Å²) >= 11 is 6.55. The normalized spacial score (nSPS) is 15.2. The van der Waals surface area contributed by atoms with Crippen LogP contribution < -0.4 is 14.4 Å². The summed E-state index contributed by atoms with van der Waals surface area (Å²) in [6.07, 6.45) is 1.69. The Hall–Kier alpha value is -2.84. The predicted molar refractivity (Wildman–Crippen MR) is 113 cm³/mol. The van der Waals surface area contributed by atoms with E-state index in [0.29, 0.717) is 32.0 Å². The number of thiocarbonyl (C=S) groups is 1. The van der Waals surface area contributed by atoms with E-state index in [0.717, 1.165) is 17.3 Å². The lowest BCUT2D eigenvalue weighted by atomic mass is 10.1. The third kappa shape index (κ3) is 3.74. The fraction of sp³-hybridized carbons (Fsp3) is 0.150. The molecule has 0 bridgehead atoms. The van der Waals surface area contributed by atoms with Gasteiger partial charge in [0.1, 0.15) is 11.5 Å². The molecule has 0 radical (unpaired) electrons. The number of carbonyl (C=O) groups is 2. The number of ether oxygens (including phenoxy) is 2. The Morgan fingerprint density at radius 1 is 1.18 bits per heavy atom. The number of amides is 1. The van der Waals surface area contributed by atoms with Gasteiger partial charge >= 0.3 is 5.97 Å². The van der Waals surface area contributed by atoms with Crippen LogP contribution in [0.3, 0.4) is 0 Å². The minimum absolute atomic E-state index is 0.0908. The lowest BCUT2D eigenvalue weighted by Crippen LogP contribution is -2.28. The molecule has 1 saturated heterocycles. The number of thioether (sulfide) groups is 1. The molecule has 0 unspecified atom stereocenters. The van der Waals surface area contributed by atoms with E-state index in [1.54, 1.807) is 51.5 Å². The molecule has 0 aromatic heterocycles. The molecule has 6 nitrogen and oxygen atoms in total. The topological polar surface area (TPSA) is 76.1 Å². The molecular formula is C20H17NO5S2. The second kappa shape index (κ2) is 8.04. The average Bonchev–Trinajstić information content (AvgIpc) is 2.95. The number of benzene rings is 2. The van der Waals surface area contributed by atoms with Gasteiger partial charge in [-0.15, -0.1) is 0 Å². The van der Waals surface area contributed by atoms with Crippen molar-refractivity contribution in [1.82, 2.24) is 0 Å². The number of hydrogen-bond donors (Lipinski definition) is 1. The van der Waals surface area contributed by atoms with Crippen molar-refractivity contribution in [2.75, 3.05) is 19.1 Å². The molecule has 8 heteroatoms. The van der Waals surface area contributed by atoms with E-state index in [1.807, 2.05) is 0 Å². The zero-order chi connectivity index (χ0) is 20.4. The molecule has 1 amide bonds. The number of carboxylic acid groups (broad SMARTS) is 1. The number of hydrogen-bond acceptors (Lipinski definition) is 6. The number of carbonyl (C=O) groups excluding carboxylic acids is 1. The first-order valence-electron chi connectivity index (χ1n) is 8.19. The quantitative estimate of drug-likeness (QED) is 0.582. The van der Waals surface area contributed by atoms with Gasteiger partial charge in [0.15, 0.2) is 4.32 Å². The van der Waals surface area contributed by atoms with Crippen LogP contribution in [0.25, 0.3) is 6.08 Å². The maximum atomic E-state index is 13.0. The summed E-state index contributed by atoms with van der Waals surface area (Å²) in [7, 11) is 3.11. The van der Waals surface area contributed by atoms with Gasteiger partial charge in [-0.2, -0.15) is 0 Å². The second-order valence-electron chi connectivity index (χ2n) is 5.93. The van der Waals surface area contributed by atoms with Crippen molar-refractivity contribution in [3.05, 3.63) is 58.0 Å². The Labute approximate surface area is 171 Å². The average molecular weight is 415 g/mol. The number of nitrogens with zero attached hydrogens (tertiary/aromatic N) is 1. The summed E-state index contributed by atoms with van der Waals surface area (Å²) in [6, 6.07) is 9.90. The summed E-state index contributed by atoms with van der Waals surface area (Å²) in [6.45, 7) is 1.80. The van der Waals surface area contributed by atoms with Crippen LogP contribution in [0.2, 0.25) is 0 Å². The molecule has 1 aliphatic heterocycles. The molecule has 144 valence electrons. The zero-order valence-electron chi connectivity index (χ0n) is 15.4. The molecule has 1 N–H and O–H groups in total. The fourth-order valence-corrected chi connectivity index (χ4v) is 4.03. The molecular weight excluding hydrogens is 398 g/mol. The standard InChI is InChI=1S/C20H17NO5S2/c1-11-4-5-12(19(23)24)9-15(11)21-18(22)17(28-20(21)27)10-13-8-14(25-2)6-7-16(13)26-3/h4-10H,1-3H3,(H,23,24)/b17-10-. The number of methoxy groups -OCH3 is 2. The van der Waals surface area contributed by atoms with Crippen molar-refractivity contribution in [3.8, 4) is 11.5 Å². The molecule has 3 rings (SSSR count). The first kappa shape index (κ1) is 19.9. The first-order chi connectivity index (χ1) is 13.3. The van der Waals surface area contributed by atoms with E-state index < -0.39 is 5.97 Å². The summed E-state index contributed by atoms with van der Waals surface area (Å²) in [5, 5.41) is 9.25. The molecule has 2 aromatic rings. The van der Waals surface area contributed by atoms with E-state index in [-0.39, 0.29) is 11.5 Å². The predicted octanol–water partition coefficient (Wildman–Crippen LogP) is 4.12. The van der Waals surface area contributed by atoms with E-state index in [2.05, 4.69) is 0 Å². The summed E-state index contributed by atoms with van der Waals surface area (Å²) in [5.74, 6) is -0.156. The molecule has 1 aliphatic rings. The third-order valence-electron chi connectivity index (χ3n) is 4.21. The van der Waals surface area contributed by atoms with Crippen molar-refractivity contribution in [2.24, 2.45) is 0 Å². The molecule has 0 atom stereocenters. The number of rotatable bonds is 5. The van der Waals surface area contributed by atoms with Crippen molar-refractivity contribution >= 4 is 51.9 Å². The van der Waals surface area contributed by atoms with E-state index >= 15 is 0 Å². The van der Waals surface area contributed by atoms with Gasteiger partial charge in [-0.25, -0.2) is 4.79 Å². The Kier molecular flexibility index (Phi) is 5.71. The molecule has 2 aromatic carbocycles. The van der Waals surface area contributed by atoms with Crippen LogP contribution in [0.1, 0.15) is 21.5 Å². The Balaban J connectivity index is 2.03. The monoisotopic (exact) mass is 415 g/mol. The number of anilines is 1. The molecule has 0 aliphatic carbocycles. The van der Waals surface area contributed by atoms with Crippen LogP contribution in [0.15, 0.2) is 41.3 Å². The van der Waals surface area contributed by atoms with Crippen molar-refractivity contribution in [1.29, 1.82) is 0 Å². The van der Waals surface area contributed by atoms with Gasteiger partial charge in [-0.05, 0) is 48.9 Å². The van der Waals surface area contributed by atoms with Crippen molar-refractivity contribution in [3.63, 3.8) is 0 Å². The van der Waals surface area contributed by atoms with Gasteiger partial charge in [-0.1, -0.05) is 30.0 Å². The van der Waals surface area contributed by atoms with Crippen LogP contribution >= 0.6 is 24.0 Å². The Morgan fingerprint density at radius 2 is 1.93 bits per heavy atom. The highest BCUT2D eigenvalue weighted by Gasteiger charge is 2.34. The zero-order valence-corrected chi connectivity index (χ0v) is 17.0. The number of carboxylic acids is 1. The van der Waals surface area contributed by atoms with Gasteiger partial charge in [0.25, 0.3) is 5.91 Å². The maximum absolute atomic E-state index is 13.0. The lowest BCUT2D eigenvalue weighted by Gasteiger charge is -2.17. The van der Waals surface area contributed by atoms with E-state index in [9.17, 15) is 14.7 Å². The fourth-order valence-electron chi connectivity index (χ4n) is 2.75. The number of aryl methyl sites for hydroxylation is 1.